The van der Waals surface area contributed by atoms with Crippen molar-refractivity contribution in [3.63, 3.8) is 0 Å². The van der Waals surface area contributed by atoms with E-state index < -0.39 is 25.9 Å². The molecular formula is C16H19NO4S. The maximum Gasteiger partial charge on any atom is 0.192 e. The van der Waals surface area contributed by atoms with E-state index in [1.807, 2.05) is 18.2 Å². The number of benzene rings is 1. The van der Waals surface area contributed by atoms with E-state index in [2.05, 4.69) is 4.98 Å². The van der Waals surface area contributed by atoms with E-state index in [1.165, 1.54) is 0 Å². The summed E-state index contributed by atoms with van der Waals surface area (Å²) in [6, 6.07) is 5.47. The number of oxazole rings is 1. The molecule has 2 bridgehead atoms. The predicted molar refractivity (Wildman–Crippen MR) is 82.2 cm³/mol. The van der Waals surface area contributed by atoms with E-state index in [1.54, 1.807) is 6.92 Å². The number of nitrogens with zero attached hydrogens (tertiary/aromatic N) is 1. The van der Waals surface area contributed by atoms with Crippen LogP contribution in [0.4, 0.5) is 0 Å². The van der Waals surface area contributed by atoms with Crippen LogP contribution < -0.4 is 0 Å². The maximum absolute atomic E-state index is 12.4. The van der Waals surface area contributed by atoms with Crippen molar-refractivity contribution in [3.8, 4) is 0 Å². The molecule has 2 unspecified atom stereocenters. The Bertz CT molecular complexity index is 819. The quantitative estimate of drug-likeness (QED) is 0.872. The summed E-state index contributed by atoms with van der Waals surface area (Å²) >= 11 is 0. The Hall–Kier alpha value is -1.40. The molecule has 0 saturated carbocycles. The summed E-state index contributed by atoms with van der Waals surface area (Å²) in [6.45, 7) is 1.78. The van der Waals surface area contributed by atoms with Gasteiger partial charge in [-0.3, -0.25) is 0 Å². The number of sulfone groups is 1. The van der Waals surface area contributed by atoms with Crippen LogP contribution in [-0.2, 0) is 15.4 Å². The third kappa shape index (κ3) is 2.01. The number of fused-ring (bicyclic) bond motifs is 3. The SMILES string of the molecule is Cc1nc2cc(C3(O)CC4CCCC(C3)S4(=O)=O)ccc2o1. The Morgan fingerprint density at radius 3 is 2.64 bits per heavy atom. The molecule has 1 aromatic heterocycles. The number of hydrogen-bond acceptors (Lipinski definition) is 5. The van der Waals surface area contributed by atoms with Crippen molar-refractivity contribution in [1.82, 2.24) is 4.98 Å². The molecule has 0 radical (unpaired) electrons. The Labute approximate surface area is 129 Å². The first-order valence-electron chi connectivity index (χ1n) is 7.71. The zero-order valence-electron chi connectivity index (χ0n) is 12.4. The average Bonchev–Trinajstić information content (AvgIpc) is 2.79. The Morgan fingerprint density at radius 1 is 1.27 bits per heavy atom. The van der Waals surface area contributed by atoms with Crippen LogP contribution in [0.2, 0.25) is 0 Å². The van der Waals surface area contributed by atoms with Crippen molar-refractivity contribution in [2.24, 2.45) is 0 Å². The normalized spacial score (nSPS) is 33.9. The van der Waals surface area contributed by atoms with Crippen LogP contribution in [0.3, 0.4) is 0 Å². The molecular weight excluding hydrogens is 302 g/mol. The fourth-order valence-electron chi connectivity index (χ4n) is 4.01. The maximum atomic E-state index is 12.4. The molecule has 2 aromatic rings. The molecule has 118 valence electrons. The van der Waals surface area contributed by atoms with Gasteiger partial charge in [-0.15, -0.1) is 0 Å². The van der Waals surface area contributed by atoms with Crippen molar-refractivity contribution in [2.75, 3.05) is 0 Å². The molecule has 2 aliphatic heterocycles. The lowest BCUT2D eigenvalue weighted by Crippen LogP contribution is -2.50. The van der Waals surface area contributed by atoms with Gasteiger partial charge in [-0.2, -0.15) is 0 Å². The van der Waals surface area contributed by atoms with E-state index in [0.717, 1.165) is 12.0 Å². The standard InChI is InChI=1S/C16H19NO4S/c1-10-17-14-7-11(5-6-15(14)21-10)16(18)8-12-3-2-4-13(9-16)22(12,19)20/h5-7,12-13,18H,2-4,8-9H2,1H3. The van der Waals surface area contributed by atoms with Gasteiger partial charge in [0.15, 0.2) is 21.3 Å². The van der Waals surface area contributed by atoms with E-state index in [4.69, 9.17) is 4.42 Å². The van der Waals surface area contributed by atoms with Crippen LogP contribution in [-0.4, -0.2) is 29.0 Å². The van der Waals surface area contributed by atoms with Gasteiger partial charge in [0.2, 0.25) is 0 Å². The van der Waals surface area contributed by atoms with Crippen molar-refractivity contribution < 1.29 is 17.9 Å². The van der Waals surface area contributed by atoms with Gasteiger partial charge in [-0.1, -0.05) is 12.5 Å². The number of aromatic nitrogens is 1. The zero-order valence-corrected chi connectivity index (χ0v) is 13.3. The molecule has 2 saturated heterocycles. The van der Waals surface area contributed by atoms with Gasteiger partial charge in [0.05, 0.1) is 16.1 Å². The second-order valence-electron chi connectivity index (χ2n) is 6.62. The van der Waals surface area contributed by atoms with Gasteiger partial charge in [0.25, 0.3) is 0 Å². The van der Waals surface area contributed by atoms with Gasteiger partial charge in [0.1, 0.15) is 5.52 Å². The smallest absolute Gasteiger partial charge is 0.192 e. The molecule has 0 amide bonds. The summed E-state index contributed by atoms with van der Waals surface area (Å²) in [5.41, 5.74) is 1.07. The Morgan fingerprint density at radius 2 is 1.95 bits per heavy atom. The molecule has 6 heteroatoms. The van der Waals surface area contributed by atoms with Gasteiger partial charge in [0, 0.05) is 6.92 Å². The lowest BCUT2D eigenvalue weighted by molar-refractivity contribution is 0.00511. The summed E-state index contributed by atoms with van der Waals surface area (Å²) in [5.74, 6) is 0.585. The first-order valence-corrected chi connectivity index (χ1v) is 9.32. The van der Waals surface area contributed by atoms with Crippen molar-refractivity contribution in [2.45, 2.75) is 55.1 Å². The lowest BCUT2D eigenvalue weighted by atomic mass is 9.80. The molecule has 3 heterocycles. The molecule has 4 rings (SSSR count). The first kappa shape index (κ1) is 14.2. The van der Waals surface area contributed by atoms with E-state index in [9.17, 15) is 13.5 Å². The Balaban J connectivity index is 1.77. The minimum atomic E-state index is -3.08. The highest BCUT2D eigenvalue weighted by atomic mass is 32.2. The van der Waals surface area contributed by atoms with Crippen molar-refractivity contribution in [3.05, 3.63) is 29.7 Å². The summed E-state index contributed by atoms with van der Waals surface area (Å²) in [5, 5.41) is 10.3. The van der Waals surface area contributed by atoms with Crippen LogP contribution in [0.1, 0.15) is 43.6 Å². The highest BCUT2D eigenvalue weighted by Gasteiger charge is 2.50. The molecule has 22 heavy (non-hydrogen) atoms. The summed E-state index contributed by atoms with van der Waals surface area (Å²) in [4.78, 5) is 4.30. The van der Waals surface area contributed by atoms with Gasteiger partial charge in [-0.05, 0) is 43.4 Å². The molecule has 2 fully saturated rings. The van der Waals surface area contributed by atoms with Gasteiger partial charge in [-0.25, -0.2) is 13.4 Å². The molecule has 0 spiro atoms. The van der Waals surface area contributed by atoms with E-state index in [0.29, 0.717) is 29.8 Å². The highest BCUT2D eigenvalue weighted by molar-refractivity contribution is 7.92. The number of hydrogen-bond donors (Lipinski definition) is 1. The topological polar surface area (TPSA) is 80.4 Å². The zero-order chi connectivity index (χ0) is 15.5. The minimum Gasteiger partial charge on any atom is -0.441 e. The molecule has 1 N–H and O–H groups in total. The monoisotopic (exact) mass is 321 g/mol. The van der Waals surface area contributed by atoms with Gasteiger partial charge < -0.3 is 9.52 Å². The number of aryl methyl sites for hydroxylation is 1. The highest BCUT2D eigenvalue weighted by Crippen LogP contribution is 2.46. The summed E-state index contributed by atoms with van der Waals surface area (Å²) < 4.78 is 30.2. The third-order valence-electron chi connectivity index (χ3n) is 5.14. The summed E-state index contributed by atoms with van der Waals surface area (Å²) in [6.07, 6.45) is 2.83. The van der Waals surface area contributed by atoms with Crippen LogP contribution >= 0.6 is 0 Å². The fourth-order valence-corrected chi connectivity index (χ4v) is 6.57. The molecule has 0 aliphatic carbocycles. The number of rotatable bonds is 1. The minimum absolute atomic E-state index is 0.286. The molecule has 5 nitrogen and oxygen atoms in total. The molecule has 2 aliphatic rings. The van der Waals surface area contributed by atoms with Crippen LogP contribution in [0.15, 0.2) is 22.6 Å². The molecule has 1 aromatic carbocycles. The molecule has 2 atom stereocenters. The van der Waals surface area contributed by atoms with Crippen molar-refractivity contribution in [1.29, 1.82) is 0 Å². The van der Waals surface area contributed by atoms with Gasteiger partial charge >= 0.3 is 0 Å². The summed E-state index contributed by atoms with van der Waals surface area (Å²) in [7, 11) is -3.08. The Kier molecular flexibility index (Phi) is 2.94. The first-order chi connectivity index (χ1) is 10.4. The second kappa shape index (κ2) is 4.55. The number of aliphatic hydroxyl groups is 1. The lowest BCUT2D eigenvalue weighted by Gasteiger charge is -2.44. The largest absolute Gasteiger partial charge is 0.441 e. The van der Waals surface area contributed by atoms with Crippen LogP contribution in [0, 0.1) is 6.92 Å². The average molecular weight is 321 g/mol. The van der Waals surface area contributed by atoms with Crippen molar-refractivity contribution >= 4 is 20.9 Å². The van der Waals surface area contributed by atoms with Crippen LogP contribution in [0.5, 0.6) is 0 Å². The predicted octanol–water partition coefficient (Wildman–Crippen LogP) is 2.45. The fraction of sp³-hybridized carbons (Fsp3) is 0.562. The van der Waals surface area contributed by atoms with E-state index >= 15 is 0 Å². The van der Waals surface area contributed by atoms with E-state index in [-0.39, 0.29) is 12.8 Å². The third-order valence-corrected chi connectivity index (χ3v) is 7.81. The second-order valence-corrected chi connectivity index (χ2v) is 9.13. The van der Waals surface area contributed by atoms with Crippen LogP contribution in [0.25, 0.3) is 11.1 Å².